The van der Waals surface area contributed by atoms with E-state index in [9.17, 15) is 0 Å². The van der Waals surface area contributed by atoms with Crippen LogP contribution < -0.4 is 5.32 Å². The molecule has 0 amide bonds. The van der Waals surface area contributed by atoms with Crippen molar-refractivity contribution in [2.75, 3.05) is 6.54 Å². The molecule has 86 valence electrons. The Labute approximate surface area is 91.5 Å². The first-order valence-corrected chi connectivity index (χ1v) is 5.69. The molecule has 1 rings (SSSR count). The third kappa shape index (κ3) is 4.00. The molecule has 0 saturated heterocycles. The third-order valence-corrected chi connectivity index (χ3v) is 2.41. The van der Waals surface area contributed by atoms with Crippen molar-refractivity contribution >= 4 is 0 Å². The van der Waals surface area contributed by atoms with Crippen LogP contribution in [-0.4, -0.2) is 22.8 Å². The largest absolute Gasteiger partial charge is 0.425 e. The zero-order valence-corrected chi connectivity index (χ0v) is 10.1. The Hall–Kier alpha value is -0.900. The van der Waals surface area contributed by atoms with E-state index in [2.05, 4.69) is 43.2 Å². The van der Waals surface area contributed by atoms with Gasteiger partial charge in [-0.2, -0.15) is 0 Å². The molecule has 1 aromatic rings. The molecule has 0 aliphatic rings. The molecular formula is C11H21N3O. The van der Waals surface area contributed by atoms with Gasteiger partial charge in [-0.25, -0.2) is 0 Å². The molecular weight excluding hydrogens is 190 g/mol. The van der Waals surface area contributed by atoms with E-state index in [0.717, 1.165) is 31.2 Å². The lowest BCUT2D eigenvalue weighted by atomic mass is 10.1. The summed E-state index contributed by atoms with van der Waals surface area (Å²) < 4.78 is 5.56. The molecule has 0 aliphatic heterocycles. The van der Waals surface area contributed by atoms with Gasteiger partial charge in [0.15, 0.2) is 0 Å². The highest BCUT2D eigenvalue weighted by Gasteiger charge is 2.11. The van der Waals surface area contributed by atoms with Crippen molar-refractivity contribution in [3.05, 3.63) is 11.8 Å². The maximum atomic E-state index is 5.56. The van der Waals surface area contributed by atoms with Crippen LogP contribution in [0.2, 0.25) is 0 Å². The van der Waals surface area contributed by atoms with Crippen LogP contribution in [0.1, 0.15) is 51.8 Å². The average molecular weight is 211 g/mol. The topological polar surface area (TPSA) is 51.0 Å². The Kier molecular flexibility index (Phi) is 4.75. The second kappa shape index (κ2) is 5.85. The minimum absolute atomic E-state index is 0.365. The van der Waals surface area contributed by atoms with Crippen molar-refractivity contribution in [2.24, 2.45) is 0 Å². The van der Waals surface area contributed by atoms with Gasteiger partial charge in [-0.1, -0.05) is 27.7 Å². The first-order chi connectivity index (χ1) is 7.13. The van der Waals surface area contributed by atoms with Crippen LogP contribution in [0.5, 0.6) is 0 Å². The second-order valence-corrected chi connectivity index (χ2v) is 4.20. The van der Waals surface area contributed by atoms with Gasteiger partial charge >= 0.3 is 0 Å². The summed E-state index contributed by atoms with van der Waals surface area (Å²) in [5.41, 5.74) is 0. The maximum Gasteiger partial charge on any atom is 0.219 e. The summed E-state index contributed by atoms with van der Waals surface area (Å²) in [6.07, 6.45) is 1.84. The van der Waals surface area contributed by atoms with E-state index in [1.165, 1.54) is 0 Å². The summed E-state index contributed by atoms with van der Waals surface area (Å²) >= 11 is 0. The van der Waals surface area contributed by atoms with Gasteiger partial charge in [0.05, 0.1) is 0 Å². The van der Waals surface area contributed by atoms with Crippen molar-refractivity contribution in [3.63, 3.8) is 0 Å². The monoisotopic (exact) mass is 211 g/mol. The highest BCUT2D eigenvalue weighted by atomic mass is 16.4. The molecule has 0 spiro atoms. The molecule has 0 saturated carbocycles. The van der Waals surface area contributed by atoms with Crippen molar-refractivity contribution in [2.45, 2.75) is 52.5 Å². The SMILES string of the molecule is CCC(C)c1nnc(CCNC(C)C)o1. The number of nitrogens with one attached hydrogen (secondary N) is 1. The van der Waals surface area contributed by atoms with Gasteiger partial charge in [0.2, 0.25) is 11.8 Å². The fourth-order valence-electron chi connectivity index (χ4n) is 1.21. The molecule has 1 atom stereocenters. The number of rotatable bonds is 6. The van der Waals surface area contributed by atoms with Gasteiger partial charge < -0.3 is 9.73 Å². The highest BCUT2D eigenvalue weighted by molar-refractivity contribution is 4.89. The van der Waals surface area contributed by atoms with Crippen LogP contribution in [0.15, 0.2) is 4.42 Å². The Morgan fingerprint density at radius 1 is 1.27 bits per heavy atom. The molecule has 1 heterocycles. The van der Waals surface area contributed by atoms with Crippen molar-refractivity contribution < 1.29 is 4.42 Å². The summed E-state index contributed by atoms with van der Waals surface area (Å²) in [5.74, 6) is 1.86. The molecule has 4 heteroatoms. The molecule has 15 heavy (non-hydrogen) atoms. The quantitative estimate of drug-likeness (QED) is 0.783. The zero-order chi connectivity index (χ0) is 11.3. The maximum absolute atomic E-state index is 5.56. The van der Waals surface area contributed by atoms with Crippen LogP contribution in [0, 0.1) is 0 Å². The first kappa shape index (κ1) is 12.2. The summed E-state index contributed by atoms with van der Waals surface area (Å²) in [6, 6.07) is 0.502. The summed E-state index contributed by atoms with van der Waals surface area (Å²) in [6.45, 7) is 9.36. The van der Waals surface area contributed by atoms with E-state index in [1.54, 1.807) is 0 Å². The Bertz CT molecular complexity index is 283. The lowest BCUT2D eigenvalue weighted by molar-refractivity contribution is 0.413. The standard InChI is InChI=1S/C11H21N3O/c1-5-9(4)11-14-13-10(15-11)6-7-12-8(2)3/h8-9,12H,5-7H2,1-4H3. The Balaban J connectivity index is 2.39. The molecule has 0 bridgehead atoms. The van der Waals surface area contributed by atoms with Gasteiger partial charge in [0.1, 0.15) is 0 Å². The molecule has 1 unspecified atom stereocenters. The molecule has 0 radical (unpaired) electrons. The van der Waals surface area contributed by atoms with E-state index < -0.39 is 0 Å². The molecule has 0 aromatic carbocycles. The van der Waals surface area contributed by atoms with E-state index in [0.29, 0.717) is 12.0 Å². The average Bonchev–Trinajstić information content (AvgIpc) is 2.65. The summed E-state index contributed by atoms with van der Waals surface area (Å²) in [5, 5.41) is 11.4. The van der Waals surface area contributed by atoms with Crippen molar-refractivity contribution in [1.82, 2.24) is 15.5 Å². The van der Waals surface area contributed by atoms with E-state index in [4.69, 9.17) is 4.42 Å². The lowest BCUT2D eigenvalue weighted by Crippen LogP contribution is -2.25. The van der Waals surface area contributed by atoms with Gasteiger partial charge in [0, 0.05) is 24.9 Å². The molecule has 4 nitrogen and oxygen atoms in total. The number of aromatic nitrogens is 2. The van der Waals surface area contributed by atoms with E-state index in [1.807, 2.05) is 0 Å². The Morgan fingerprint density at radius 3 is 2.60 bits per heavy atom. The van der Waals surface area contributed by atoms with Gasteiger partial charge in [0.25, 0.3) is 0 Å². The number of hydrogen-bond acceptors (Lipinski definition) is 4. The minimum Gasteiger partial charge on any atom is -0.425 e. The van der Waals surface area contributed by atoms with Crippen LogP contribution >= 0.6 is 0 Å². The van der Waals surface area contributed by atoms with Crippen molar-refractivity contribution in [1.29, 1.82) is 0 Å². The molecule has 0 fully saturated rings. The summed E-state index contributed by atoms with van der Waals surface area (Å²) in [7, 11) is 0. The third-order valence-electron chi connectivity index (χ3n) is 2.41. The van der Waals surface area contributed by atoms with Crippen LogP contribution in [0.3, 0.4) is 0 Å². The fourth-order valence-corrected chi connectivity index (χ4v) is 1.21. The van der Waals surface area contributed by atoms with Gasteiger partial charge in [-0.05, 0) is 6.42 Å². The van der Waals surface area contributed by atoms with Gasteiger partial charge in [-0.15, -0.1) is 10.2 Å². The van der Waals surface area contributed by atoms with E-state index in [-0.39, 0.29) is 0 Å². The minimum atomic E-state index is 0.365. The molecule has 1 aromatic heterocycles. The fraction of sp³-hybridized carbons (Fsp3) is 0.818. The lowest BCUT2D eigenvalue weighted by Gasteiger charge is -2.05. The summed E-state index contributed by atoms with van der Waals surface area (Å²) in [4.78, 5) is 0. The Morgan fingerprint density at radius 2 is 2.00 bits per heavy atom. The number of hydrogen-bond donors (Lipinski definition) is 1. The second-order valence-electron chi connectivity index (χ2n) is 4.20. The van der Waals surface area contributed by atoms with Crippen LogP contribution in [-0.2, 0) is 6.42 Å². The molecule has 0 aliphatic carbocycles. The van der Waals surface area contributed by atoms with Crippen molar-refractivity contribution in [3.8, 4) is 0 Å². The van der Waals surface area contributed by atoms with Crippen LogP contribution in [0.25, 0.3) is 0 Å². The molecule has 1 N–H and O–H groups in total. The predicted octanol–water partition coefficient (Wildman–Crippen LogP) is 2.12. The first-order valence-electron chi connectivity index (χ1n) is 5.69. The number of nitrogens with zero attached hydrogens (tertiary/aromatic N) is 2. The van der Waals surface area contributed by atoms with Gasteiger partial charge in [-0.3, -0.25) is 0 Å². The predicted molar refractivity (Wildman–Crippen MR) is 59.8 cm³/mol. The van der Waals surface area contributed by atoms with E-state index >= 15 is 0 Å². The smallest absolute Gasteiger partial charge is 0.219 e. The van der Waals surface area contributed by atoms with Crippen LogP contribution in [0.4, 0.5) is 0 Å². The highest BCUT2D eigenvalue weighted by Crippen LogP contribution is 2.16. The normalized spacial score (nSPS) is 13.4. The zero-order valence-electron chi connectivity index (χ0n) is 10.1.